The molecule has 4 nitrogen and oxygen atoms in total. The Morgan fingerprint density at radius 1 is 0.278 bits per heavy atom. The normalized spacial score (nSPS) is 14.1. The van der Waals surface area contributed by atoms with E-state index in [4.69, 9.17) is 8.83 Å². The number of para-hydroxylation sites is 2. The fraction of sp³-hybridized carbons (Fsp3) is 0.0882. The van der Waals surface area contributed by atoms with Crippen LogP contribution in [-0.4, -0.2) is 0 Å². The van der Waals surface area contributed by atoms with Crippen LogP contribution in [0.4, 0.5) is 34.1 Å². The summed E-state index contributed by atoms with van der Waals surface area (Å²) >= 11 is 0. The van der Waals surface area contributed by atoms with Gasteiger partial charge in [-0.25, -0.2) is 0 Å². The predicted molar refractivity (Wildman–Crippen MR) is 301 cm³/mol. The molecule has 0 fully saturated rings. The molecule has 0 bridgehead atoms. The first-order valence-electron chi connectivity index (χ1n) is 25.1. The molecule has 0 saturated carbocycles. The van der Waals surface area contributed by atoms with Crippen molar-refractivity contribution in [2.24, 2.45) is 0 Å². The number of hydrogen-bond donors (Lipinski definition) is 0. The third-order valence-electron chi connectivity index (χ3n) is 16.2. The van der Waals surface area contributed by atoms with Crippen molar-refractivity contribution in [1.82, 2.24) is 0 Å². The first kappa shape index (κ1) is 41.0. The molecule has 72 heavy (non-hydrogen) atoms. The van der Waals surface area contributed by atoms with Gasteiger partial charge in [-0.1, -0.05) is 137 Å². The van der Waals surface area contributed by atoms with Gasteiger partial charge in [-0.05, 0) is 164 Å². The highest BCUT2D eigenvalue weighted by Gasteiger charge is 2.37. The highest BCUT2D eigenvalue weighted by atomic mass is 16.3. The summed E-state index contributed by atoms with van der Waals surface area (Å²) in [4.78, 5) is 4.74. The number of hydrogen-bond acceptors (Lipinski definition) is 4. The average Bonchev–Trinajstić information content (AvgIpc) is 4.10. The zero-order valence-corrected chi connectivity index (χ0v) is 40.5. The van der Waals surface area contributed by atoms with Gasteiger partial charge in [-0.2, -0.15) is 0 Å². The summed E-state index contributed by atoms with van der Waals surface area (Å²) in [6, 6.07) is 79.7. The molecule has 0 aliphatic heterocycles. The second-order valence-electron chi connectivity index (χ2n) is 20.9. The molecule has 4 heteroatoms. The van der Waals surface area contributed by atoms with Crippen molar-refractivity contribution in [2.75, 3.05) is 9.80 Å². The van der Waals surface area contributed by atoms with Crippen LogP contribution in [0.2, 0.25) is 0 Å². The van der Waals surface area contributed by atoms with Crippen LogP contribution in [0.3, 0.4) is 0 Å². The molecule has 11 aromatic carbocycles. The molecule has 0 N–H and O–H groups in total. The maximum atomic E-state index is 6.88. The van der Waals surface area contributed by atoms with Crippen LogP contribution in [0.15, 0.2) is 227 Å². The fourth-order valence-corrected chi connectivity index (χ4v) is 12.6. The Hall–Kier alpha value is -8.86. The van der Waals surface area contributed by atoms with Crippen molar-refractivity contribution in [3.05, 3.63) is 241 Å². The number of furan rings is 2. The van der Waals surface area contributed by atoms with Crippen molar-refractivity contribution < 1.29 is 8.83 Å². The Labute approximate surface area is 417 Å². The highest BCUT2D eigenvalue weighted by molar-refractivity contribution is 6.22. The second-order valence-corrected chi connectivity index (χ2v) is 20.9. The van der Waals surface area contributed by atoms with E-state index < -0.39 is 0 Å². The zero-order chi connectivity index (χ0) is 48.0. The van der Waals surface area contributed by atoms with Crippen LogP contribution < -0.4 is 9.80 Å². The van der Waals surface area contributed by atoms with Gasteiger partial charge >= 0.3 is 0 Å². The van der Waals surface area contributed by atoms with Gasteiger partial charge in [0.05, 0.1) is 0 Å². The number of rotatable bonds is 6. The van der Waals surface area contributed by atoms with Crippen LogP contribution >= 0.6 is 0 Å². The minimum atomic E-state index is -0.0553. The molecule has 2 aliphatic carbocycles. The van der Waals surface area contributed by atoms with Gasteiger partial charge in [-0.3, -0.25) is 0 Å². The number of fused-ring (bicyclic) bond motifs is 16. The van der Waals surface area contributed by atoms with E-state index in [9.17, 15) is 0 Å². The lowest BCUT2D eigenvalue weighted by Gasteiger charge is -2.27. The summed E-state index contributed by atoms with van der Waals surface area (Å²) in [6.07, 6.45) is 0. The number of nitrogens with zero attached hydrogens (tertiary/aromatic N) is 2. The fourth-order valence-electron chi connectivity index (χ4n) is 12.6. The molecule has 13 aromatic rings. The quantitative estimate of drug-likeness (QED) is 0.166. The standard InChI is InChI=1S/C68H48N2O2/c1-67(2)59-21-13-11-19-51(59)55-37-47(27-33-61(55)67)69(43-15-7-5-8-16-43)45-25-31-49-41(35-45)23-29-53-57-39-64-58(40-63(57)71-65(49)53)54-30-24-42-36-46(26-32-50(42)66(54)72-64)70(44-17-9-6-10-18-44)48-28-34-62-56(38-48)52-20-12-14-22-60(52)68(62,3)4/h5-40H,1-4H3. The molecule has 2 heterocycles. The summed E-state index contributed by atoms with van der Waals surface area (Å²) in [5.41, 5.74) is 20.7. The van der Waals surface area contributed by atoms with Crippen molar-refractivity contribution in [3.63, 3.8) is 0 Å². The van der Waals surface area contributed by atoms with Crippen molar-refractivity contribution >= 4 is 99.5 Å². The minimum absolute atomic E-state index is 0.0553. The molecule has 0 atom stereocenters. The monoisotopic (exact) mass is 924 g/mol. The largest absolute Gasteiger partial charge is 0.455 e. The summed E-state index contributed by atoms with van der Waals surface area (Å²) < 4.78 is 13.8. The van der Waals surface area contributed by atoms with Crippen LogP contribution in [-0.2, 0) is 10.8 Å². The molecule has 0 spiro atoms. The zero-order valence-electron chi connectivity index (χ0n) is 40.5. The molecule has 0 radical (unpaired) electrons. The Morgan fingerprint density at radius 2 is 0.639 bits per heavy atom. The van der Waals surface area contributed by atoms with E-state index in [0.29, 0.717) is 0 Å². The highest BCUT2D eigenvalue weighted by Crippen LogP contribution is 2.53. The molecular formula is C68H48N2O2. The van der Waals surface area contributed by atoms with E-state index in [1.165, 1.54) is 44.5 Å². The minimum Gasteiger partial charge on any atom is -0.455 e. The van der Waals surface area contributed by atoms with Gasteiger partial charge in [0.2, 0.25) is 0 Å². The Morgan fingerprint density at radius 3 is 1.08 bits per heavy atom. The predicted octanol–water partition coefficient (Wildman–Crippen LogP) is 19.3. The summed E-state index contributed by atoms with van der Waals surface area (Å²) in [7, 11) is 0. The third kappa shape index (κ3) is 5.81. The van der Waals surface area contributed by atoms with Gasteiger partial charge in [0.15, 0.2) is 0 Å². The van der Waals surface area contributed by atoms with Crippen LogP contribution in [0, 0.1) is 0 Å². The molecular weight excluding hydrogens is 877 g/mol. The van der Waals surface area contributed by atoms with E-state index in [1.54, 1.807) is 0 Å². The summed E-state index contributed by atoms with van der Waals surface area (Å²) in [5, 5.41) is 8.61. The topological polar surface area (TPSA) is 32.8 Å². The second kappa shape index (κ2) is 14.8. The first-order chi connectivity index (χ1) is 35.2. The van der Waals surface area contributed by atoms with Gasteiger partial charge < -0.3 is 18.6 Å². The maximum absolute atomic E-state index is 6.88. The SMILES string of the molecule is CC1(C)c2ccccc2-c2cc(N(c3ccccc3)c3ccc4c(ccc5c6cc7oc8c9ccc(N(c%10ccccc%10)c%10ccc%11c(c%10)-c%10ccccc%10C%11(C)C)cc9ccc8c7cc6oc45)c3)ccc21. The number of benzene rings is 11. The van der Waals surface area contributed by atoms with Gasteiger partial charge in [0.25, 0.3) is 0 Å². The van der Waals surface area contributed by atoms with Crippen LogP contribution in [0.1, 0.15) is 49.9 Å². The molecule has 15 rings (SSSR count). The Kier molecular flexibility index (Phi) is 8.44. The van der Waals surface area contributed by atoms with Crippen molar-refractivity contribution in [3.8, 4) is 22.3 Å². The van der Waals surface area contributed by atoms with Crippen molar-refractivity contribution in [2.45, 2.75) is 38.5 Å². The Balaban J connectivity index is 0.809. The van der Waals surface area contributed by atoms with Crippen LogP contribution in [0.5, 0.6) is 0 Å². The molecule has 0 saturated heterocycles. The molecule has 342 valence electrons. The lowest BCUT2D eigenvalue weighted by Crippen LogP contribution is -2.15. The van der Waals surface area contributed by atoms with E-state index in [1.807, 2.05) is 0 Å². The van der Waals surface area contributed by atoms with E-state index in [2.05, 4.69) is 256 Å². The Bertz CT molecular complexity index is 4120. The summed E-state index contributed by atoms with van der Waals surface area (Å²) in [5.74, 6) is 0. The molecule has 0 unspecified atom stereocenters. The average molecular weight is 925 g/mol. The summed E-state index contributed by atoms with van der Waals surface area (Å²) in [6.45, 7) is 9.34. The van der Waals surface area contributed by atoms with E-state index in [-0.39, 0.29) is 10.8 Å². The lowest BCUT2D eigenvalue weighted by molar-refractivity contribution is 0.660. The van der Waals surface area contributed by atoms with Crippen LogP contribution in [0.25, 0.3) is 87.7 Å². The molecule has 2 aliphatic rings. The smallest absolute Gasteiger partial charge is 0.143 e. The third-order valence-corrected chi connectivity index (χ3v) is 16.2. The van der Waals surface area contributed by atoms with Gasteiger partial charge in [-0.15, -0.1) is 0 Å². The van der Waals surface area contributed by atoms with Gasteiger partial charge in [0, 0.05) is 77.3 Å². The van der Waals surface area contributed by atoms with E-state index in [0.717, 1.165) is 99.5 Å². The molecule has 2 aromatic heterocycles. The first-order valence-corrected chi connectivity index (χ1v) is 25.1. The molecule has 0 amide bonds. The number of anilines is 6. The van der Waals surface area contributed by atoms with Crippen molar-refractivity contribution in [1.29, 1.82) is 0 Å². The maximum Gasteiger partial charge on any atom is 0.143 e. The van der Waals surface area contributed by atoms with Gasteiger partial charge in [0.1, 0.15) is 22.3 Å². The lowest BCUT2D eigenvalue weighted by atomic mass is 9.82. The van der Waals surface area contributed by atoms with E-state index >= 15 is 0 Å².